The van der Waals surface area contributed by atoms with Crippen LogP contribution in [0.2, 0.25) is 5.02 Å². The van der Waals surface area contributed by atoms with E-state index in [4.69, 9.17) is 25.8 Å². The first-order chi connectivity index (χ1) is 24.0. The molecule has 1 saturated carbocycles. The third-order valence-corrected chi connectivity index (χ3v) is 15.0. The average Bonchev–Trinajstić information content (AvgIpc) is 3.25. The number of likely N-dealkylation sites (N-methyl/N-ethyl adjacent to an activating group) is 1. The minimum Gasteiger partial charge on any atom is -0.490 e. The van der Waals surface area contributed by atoms with Crippen LogP contribution in [0, 0.1) is 23.7 Å². The number of rotatable bonds is 3. The smallest absolute Gasteiger partial charge is 0.264 e. The maximum atomic E-state index is 13.6. The van der Waals surface area contributed by atoms with E-state index in [9.17, 15) is 13.2 Å². The zero-order chi connectivity index (χ0) is 35.2. The second kappa shape index (κ2) is 14.6. The standard InChI is InChI=1S/C39H54ClN3O6S/c1-5-42(4)31-21-47-38(48-22-31)33-10-6-8-25(2)26(3)50(45,46)41-37(44)28-12-16-36-35(19-28)43(20-29-11-14-32(29)33)23-39(24-49-36)17-7-9-27-18-30(40)13-15-34(27)39/h12-13,15-16,18-19,25-26,29,31-33,38H,5-11,14,17,20-24H2,1-4H3,(H,41,44)/t25-,26+,29-,31?,32+,33+,38?,39-/m0/s1. The number of nitrogens with zero attached hydrogens (tertiary/aromatic N) is 2. The van der Waals surface area contributed by atoms with Crippen molar-refractivity contribution in [1.82, 2.24) is 9.62 Å². The number of anilines is 1. The molecule has 2 aromatic rings. The highest BCUT2D eigenvalue weighted by Gasteiger charge is 2.47. The van der Waals surface area contributed by atoms with Gasteiger partial charge in [0, 0.05) is 35.0 Å². The van der Waals surface area contributed by atoms with E-state index in [-0.39, 0.29) is 29.6 Å². The van der Waals surface area contributed by atoms with Crippen molar-refractivity contribution >= 4 is 33.2 Å². The van der Waals surface area contributed by atoms with Gasteiger partial charge in [-0.1, -0.05) is 37.9 Å². The van der Waals surface area contributed by atoms with Crippen LogP contribution in [0.3, 0.4) is 0 Å². The zero-order valence-corrected chi connectivity index (χ0v) is 31.6. The van der Waals surface area contributed by atoms with Gasteiger partial charge in [-0.15, -0.1) is 0 Å². The maximum Gasteiger partial charge on any atom is 0.264 e. The van der Waals surface area contributed by atoms with Gasteiger partial charge in [-0.3, -0.25) is 9.69 Å². The summed E-state index contributed by atoms with van der Waals surface area (Å²) in [7, 11) is -1.79. The van der Waals surface area contributed by atoms with E-state index in [0.29, 0.717) is 37.2 Å². The molecule has 11 heteroatoms. The number of carbonyl (C=O) groups excluding carboxylic acids is 1. The molecule has 274 valence electrons. The van der Waals surface area contributed by atoms with Crippen LogP contribution in [0.1, 0.15) is 87.2 Å². The normalized spacial score (nSPS) is 34.5. The number of fused-ring (bicyclic) bond motifs is 4. The summed E-state index contributed by atoms with van der Waals surface area (Å²) >= 11 is 6.48. The Balaban J connectivity index is 1.25. The lowest BCUT2D eigenvalue weighted by Gasteiger charge is -2.49. The molecule has 50 heavy (non-hydrogen) atoms. The summed E-state index contributed by atoms with van der Waals surface area (Å²) in [4.78, 5) is 18.3. The van der Waals surface area contributed by atoms with Crippen molar-refractivity contribution in [2.75, 3.05) is 51.4 Å². The van der Waals surface area contributed by atoms with Gasteiger partial charge in [-0.05, 0) is 125 Å². The molecule has 2 aliphatic carbocycles. The van der Waals surface area contributed by atoms with Gasteiger partial charge in [0.05, 0.1) is 36.8 Å². The lowest BCUT2D eigenvalue weighted by atomic mass is 9.64. The van der Waals surface area contributed by atoms with Crippen LogP contribution in [0.5, 0.6) is 5.75 Å². The van der Waals surface area contributed by atoms with Crippen LogP contribution in [-0.4, -0.2) is 83.3 Å². The second-order valence-corrected chi connectivity index (χ2v) is 18.3. The van der Waals surface area contributed by atoms with Gasteiger partial charge in [0.15, 0.2) is 6.29 Å². The van der Waals surface area contributed by atoms with Gasteiger partial charge < -0.3 is 19.1 Å². The van der Waals surface area contributed by atoms with E-state index in [0.717, 1.165) is 87.5 Å². The fourth-order valence-electron chi connectivity index (χ4n) is 9.24. The first-order valence-electron chi connectivity index (χ1n) is 18.8. The molecule has 3 heterocycles. The number of benzene rings is 2. The van der Waals surface area contributed by atoms with Crippen molar-refractivity contribution in [1.29, 1.82) is 0 Å². The van der Waals surface area contributed by atoms with Gasteiger partial charge in [-0.2, -0.15) is 0 Å². The Bertz CT molecular complexity index is 1660. The van der Waals surface area contributed by atoms with Gasteiger partial charge in [0.1, 0.15) is 5.75 Å². The van der Waals surface area contributed by atoms with E-state index in [1.807, 2.05) is 25.1 Å². The number of sulfonamides is 1. The summed E-state index contributed by atoms with van der Waals surface area (Å²) in [5.41, 5.74) is 3.49. The number of aryl methyl sites for hydroxylation is 1. The molecule has 1 saturated heterocycles. The van der Waals surface area contributed by atoms with E-state index in [2.05, 4.69) is 40.6 Å². The Labute approximate surface area is 303 Å². The van der Waals surface area contributed by atoms with Crippen molar-refractivity contribution < 1.29 is 27.4 Å². The van der Waals surface area contributed by atoms with Crippen molar-refractivity contribution in [2.45, 2.75) is 95.1 Å². The summed E-state index contributed by atoms with van der Waals surface area (Å²) in [6, 6.07) is 11.9. The van der Waals surface area contributed by atoms with Gasteiger partial charge >= 0.3 is 0 Å². The highest BCUT2D eigenvalue weighted by Crippen LogP contribution is 2.49. The summed E-state index contributed by atoms with van der Waals surface area (Å²) in [6.45, 7) is 10.2. The third-order valence-electron chi connectivity index (χ3n) is 12.9. The highest BCUT2D eigenvalue weighted by molar-refractivity contribution is 7.90. The number of carbonyl (C=O) groups is 1. The Morgan fingerprint density at radius 2 is 1.82 bits per heavy atom. The average molecular weight is 728 g/mol. The summed E-state index contributed by atoms with van der Waals surface area (Å²) in [5, 5.41) is 0.0308. The van der Waals surface area contributed by atoms with Crippen molar-refractivity contribution in [2.24, 2.45) is 23.7 Å². The third kappa shape index (κ3) is 7.04. The minimum atomic E-state index is -3.91. The molecule has 9 nitrogen and oxygen atoms in total. The van der Waals surface area contributed by atoms with Crippen molar-refractivity contribution in [3.05, 3.63) is 58.1 Å². The topological polar surface area (TPSA) is 97.4 Å². The molecule has 2 aromatic carbocycles. The van der Waals surface area contributed by atoms with Crippen LogP contribution < -0.4 is 14.4 Å². The number of amides is 1. The first-order valence-corrected chi connectivity index (χ1v) is 20.7. The molecule has 0 unspecified atom stereocenters. The van der Waals surface area contributed by atoms with Gasteiger partial charge in [-0.25, -0.2) is 13.1 Å². The predicted octanol–water partition coefficient (Wildman–Crippen LogP) is 6.42. The molecule has 5 aliphatic rings. The van der Waals surface area contributed by atoms with Gasteiger partial charge in [0.2, 0.25) is 10.0 Å². The number of hydrogen-bond donors (Lipinski definition) is 1. The second-order valence-electron chi connectivity index (χ2n) is 15.8. The molecule has 3 aliphatic heterocycles. The lowest BCUT2D eigenvalue weighted by Crippen LogP contribution is -2.52. The largest absolute Gasteiger partial charge is 0.490 e. The molecule has 2 bridgehead atoms. The van der Waals surface area contributed by atoms with Crippen LogP contribution in [0.4, 0.5) is 5.69 Å². The highest BCUT2D eigenvalue weighted by atomic mass is 35.5. The Hall–Kier alpha value is -2.37. The molecule has 0 radical (unpaired) electrons. The number of ether oxygens (including phenoxy) is 3. The first kappa shape index (κ1) is 36.0. The van der Waals surface area contributed by atoms with Crippen LogP contribution in [-0.2, 0) is 31.3 Å². The zero-order valence-electron chi connectivity index (χ0n) is 30.0. The van der Waals surface area contributed by atoms with Gasteiger partial charge in [0.25, 0.3) is 5.91 Å². The van der Waals surface area contributed by atoms with Crippen LogP contribution in [0.15, 0.2) is 36.4 Å². The quantitative estimate of drug-likeness (QED) is 0.387. The number of hydrogen-bond acceptors (Lipinski definition) is 8. The summed E-state index contributed by atoms with van der Waals surface area (Å²) in [6.07, 6.45) is 7.50. The Kier molecular flexibility index (Phi) is 10.5. The molecule has 7 rings (SSSR count). The van der Waals surface area contributed by atoms with E-state index >= 15 is 0 Å². The fourth-order valence-corrected chi connectivity index (χ4v) is 10.7. The predicted molar refractivity (Wildman–Crippen MR) is 197 cm³/mol. The molecular weight excluding hydrogens is 674 g/mol. The Morgan fingerprint density at radius 1 is 1.02 bits per heavy atom. The maximum absolute atomic E-state index is 13.6. The van der Waals surface area contributed by atoms with Crippen LogP contribution in [0.25, 0.3) is 0 Å². The van der Waals surface area contributed by atoms with Crippen molar-refractivity contribution in [3.8, 4) is 5.75 Å². The number of halogens is 1. The van der Waals surface area contributed by atoms with E-state index in [1.165, 1.54) is 11.1 Å². The summed E-state index contributed by atoms with van der Waals surface area (Å²) in [5.74, 6) is 1.05. The van der Waals surface area contributed by atoms with Crippen LogP contribution >= 0.6 is 11.6 Å². The number of nitrogens with one attached hydrogen (secondary N) is 1. The molecule has 0 aromatic heterocycles. The minimum absolute atomic E-state index is 0.123. The van der Waals surface area contributed by atoms with E-state index < -0.39 is 21.2 Å². The fraction of sp³-hybridized carbons (Fsp3) is 0.667. The molecule has 1 N–H and O–H groups in total. The molecular formula is C39H54ClN3O6S. The molecule has 2 fully saturated rings. The lowest BCUT2D eigenvalue weighted by molar-refractivity contribution is -0.241. The molecule has 6 atom stereocenters. The SMILES string of the molecule is CCN(C)C1COC([C@@H]2CCC[C@H](C)[C@@H](C)S(=O)(=O)NC(=O)c3ccc4c(c3)N(C[C@@H]3CC[C@H]32)C[C@@]2(CCCc3cc(Cl)ccc32)CO4)OC1. The monoisotopic (exact) mass is 727 g/mol. The molecule has 1 amide bonds. The van der Waals surface area contributed by atoms with E-state index in [1.54, 1.807) is 13.0 Å². The Morgan fingerprint density at radius 3 is 2.56 bits per heavy atom. The summed E-state index contributed by atoms with van der Waals surface area (Å²) < 4.78 is 49.2. The van der Waals surface area contributed by atoms with Crippen molar-refractivity contribution in [3.63, 3.8) is 0 Å². The molecule has 1 spiro atoms.